The van der Waals surface area contributed by atoms with E-state index in [1.165, 1.54) is 12.2 Å². The summed E-state index contributed by atoms with van der Waals surface area (Å²) in [5.41, 5.74) is 0. The predicted octanol–water partition coefficient (Wildman–Crippen LogP) is 1.92. The van der Waals surface area contributed by atoms with Crippen molar-refractivity contribution in [1.82, 2.24) is 0 Å². The van der Waals surface area contributed by atoms with Crippen LogP contribution < -0.4 is 0 Å². The maximum Gasteiger partial charge on any atom is 0.133 e. The van der Waals surface area contributed by atoms with Crippen LogP contribution in [0.5, 0.6) is 0 Å². The van der Waals surface area contributed by atoms with E-state index in [4.69, 9.17) is 17.5 Å². The zero-order valence-corrected chi connectivity index (χ0v) is 5.86. The molecule has 1 aliphatic carbocycles. The van der Waals surface area contributed by atoms with Gasteiger partial charge in [0.05, 0.1) is 6.07 Å². The van der Waals surface area contributed by atoms with Crippen molar-refractivity contribution in [3.05, 3.63) is 24.1 Å². The fourth-order valence-electron chi connectivity index (χ4n) is 0.689. The molecule has 0 aromatic heterocycles. The summed E-state index contributed by atoms with van der Waals surface area (Å²) in [6.07, 6.45) is 4.32. The Labute approximate surface area is 63.5 Å². The van der Waals surface area contributed by atoms with Crippen LogP contribution >= 0.6 is 12.2 Å². The highest BCUT2D eigenvalue weighted by Crippen LogP contribution is 2.18. The molecule has 0 radical (unpaired) electrons. The molecular weight excluding hydrogens is 149 g/mol. The Bertz CT molecular complexity index is 259. The third-order valence-electron chi connectivity index (χ3n) is 1.21. The zero-order valence-electron chi connectivity index (χ0n) is 5.04. The molecule has 50 valence electrons. The lowest BCUT2D eigenvalue weighted by Gasteiger charge is -2.06. The molecule has 3 heteroatoms. The minimum atomic E-state index is -0.833. The van der Waals surface area contributed by atoms with Gasteiger partial charge in [0.1, 0.15) is 11.7 Å². The van der Waals surface area contributed by atoms with E-state index in [1.54, 1.807) is 12.1 Å². The van der Waals surface area contributed by atoms with E-state index in [0.717, 1.165) is 0 Å². The van der Waals surface area contributed by atoms with Crippen molar-refractivity contribution in [2.24, 2.45) is 5.92 Å². The van der Waals surface area contributed by atoms with Crippen molar-refractivity contribution in [1.29, 1.82) is 5.26 Å². The zero-order chi connectivity index (χ0) is 7.56. The van der Waals surface area contributed by atoms with Gasteiger partial charge in [-0.2, -0.15) is 5.26 Å². The summed E-state index contributed by atoms with van der Waals surface area (Å²) in [7, 11) is 0. The van der Waals surface area contributed by atoms with E-state index < -0.39 is 11.7 Å². The van der Waals surface area contributed by atoms with Gasteiger partial charge in [-0.3, -0.25) is 0 Å². The maximum atomic E-state index is 12.6. The third kappa shape index (κ3) is 1.12. The van der Waals surface area contributed by atoms with Crippen LogP contribution in [0.25, 0.3) is 0 Å². The van der Waals surface area contributed by atoms with Gasteiger partial charge in [0.25, 0.3) is 0 Å². The first-order valence-electron chi connectivity index (χ1n) is 2.73. The Balaban J connectivity index is 2.95. The highest BCUT2D eigenvalue weighted by Gasteiger charge is 2.18. The fraction of sp³-hybridized carbons (Fsp3) is 0.143. The van der Waals surface area contributed by atoms with Crippen molar-refractivity contribution in [3.8, 4) is 6.07 Å². The minimum Gasteiger partial charge on any atom is -0.210 e. The van der Waals surface area contributed by atoms with Gasteiger partial charge in [-0.1, -0.05) is 18.3 Å². The molecule has 1 atom stereocenters. The number of nitrogens with zero attached hydrogens (tertiary/aromatic N) is 1. The van der Waals surface area contributed by atoms with Gasteiger partial charge in [0, 0.05) is 4.86 Å². The minimum absolute atomic E-state index is 0.350. The number of thiocarbonyl (C=S) groups is 1. The van der Waals surface area contributed by atoms with Gasteiger partial charge in [-0.05, 0) is 12.2 Å². The second kappa shape index (κ2) is 2.72. The lowest BCUT2D eigenvalue weighted by atomic mass is 10.0. The summed E-state index contributed by atoms with van der Waals surface area (Å²) in [6, 6.07) is 1.77. The molecule has 0 saturated heterocycles. The van der Waals surface area contributed by atoms with Crippen molar-refractivity contribution >= 4 is 17.1 Å². The maximum absolute atomic E-state index is 12.6. The molecule has 10 heavy (non-hydrogen) atoms. The second-order valence-corrected chi connectivity index (χ2v) is 2.35. The fourth-order valence-corrected chi connectivity index (χ4v) is 0.932. The average Bonchev–Trinajstić information content (AvgIpc) is 1.88. The van der Waals surface area contributed by atoms with Crippen LogP contribution in [0.2, 0.25) is 0 Å². The molecule has 0 amide bonds. The molecule has 0 heterocycles. The van der Waals surface area contributed by atoms with Crippen LogP contribution in [0.1, 0.15) is 0 Å². The topological polar surface area (TPSA) is 23.8 Å². The molecule has 1 unspecified atom stereocenters. The van der Waals surface area contributed by atoms with Gasteiger partial charge >= 0.3 is 0 Å². The molecule has 0 aromatic rings. The van der Waals surface area contributed by atoms with E-state index in [2.05, 4.69) is 0 Å². The van der Waals surface area contributed by atoms with E-state index in [9.17, 15) is 4.39 Å². The van der Waals surface area contributed by atoms with Gasteiger partial charge in [-0.15, -0.1) is 0 Å². The standard InChI is InChI=1S/C7H4FNS/c8-6-2-1-3-7(10)5(6)4-9/h1-3,5H. The van der Waals surface area contributed by atoms with Crippen molar-refractivity contribution in [2.75, 3.05) is 0 Å². The Morgan fingerprint density at radius 1 is 1.70 bits per heavy atom. The summed E-state index contributed by atoms with van der Waals surface area (Å²) in [5.74, 6) is -1.30. The monoisotopic (exact) mass is 153 g/mol. The summed E-state index contributed by atoms with van der Waals surface area (Å²) >= 11 is 4.71. The molecule has 0 N–H and O–H groups in total. The second-order valence-electron chi connectivity index (χ2n) is 1.88. The summed E-state index contributed by atoms with van der Waals surface area (Å²) in [4.78, 5) is 0.350. The van der Waals surface area contributed by atoms with Gasteiger partial charge in [0.2, 0.25) is 0 Å². The van der Waals surface area contributed by atoms with Crippen molar-refractivity contribution in [2.45, 2.75) is 0 Å². The van der Waals surface area contributed by atoms with Gasteiger partial charge < -0.3 is 0 Å². The molecule has 0 spiro atoms. The highest BCUT2D eigenvalue weighted by atomic mass is 32.1. The van der Waals surface area contributed by atoms with Crippen LogP contribution in [-0.2, 0) is 0 Å². The first-order valence-corrected chi connectivity index (χ1v) is 3.14. The first kappa shape index (κ1) is 7.10. The Morgan fingerprint density at radius 2 is 2.40 bits per heavy atom. The normalized spacial score (nSPS) is 23.8. The summed E-state index contributed by atoms with van der Waals surface area (Å²) in [5, 5.41) is 8.38. The number of hydrogen-bond acceptors (Lipinski definition) is 2. The number of allylic oxidation sites excluding steroid dienone is 4. The average molecular weight is 153 g/mol. The molecule has 0 aliphatic heterocycles. The third-order valence-corrected chi connectivity index (χ3v) is 1.58. The SMILES string of the molecule is N#CC1C(=S)C=CC=C1F. The Morgan fingerprint density at radius 3 is 2.80 bits per heavy atom. The van der Waals surface area contributed by atoms with Crippen molar-refractivity contribution in [3.63, 3.8) is 0 Å². The molecule has 1 aliphatic rings. The lowest BCUT2D eigenvalue weighted by molar-refractivity contribution is 0.589. The summed E-state index contributed by atoms with van der Waals surface area (Å²) in [6.45, 7) is 0. The molecule has 1 nitrogen and oxygen atoms in total. The van der Waals surface area contributed by atoms with Crippen LogP contribution in [0.15, 0.2) is 24.1 Å². The predicted molar refractivity (Wildman–Crippen MR) is 40.0 cm³/mol. The first-order chi connectivity index (χ1) is 4.75. The van der Waals surface area contributed by atoms with Gasteiger partial charge in [-0.25, -0.2) is 4.39 Å². The van der Waals surface area contributed by atoms with Crippen LogP contribution in [0.4, 0.5) is 4.39 Å². The van der Waals surface area contributed by atoms with E-state index in [1.807, 2.05) is 0 Å². The van der Waals surface area contributed by atoms with E-state index >= 15 is 0 Å². The molecule has 1 rings (SSSR count). The van der Waals surface area contributed by atoms with Crippen LogP contribution in [0, 0.1) is 17.2 Å². The van der Waals surface area contributed by atoms with Crippen molar-refractivity contribution < 1.29 is 4.39 Å². The quantitative estimate of drug-likeness (QED) is 0.496. The number of halogens is 1. The largest absolute Gasteiger partial charge is 0.210 e. The van der Waals surface area contributed by atoms with E-state index in [0.29, 0.717) is 4.86 Å². The molecule has 0 aromatic carbocycles. The summed E-state index contributed by atoms with van der Waals surface area (Å²) < 4.78 is 12.6. The lowest BCUT2D eigenvalue weighted by Crippen LogP contribution is -2.10. The number of nitriles is 1. The van der Waals surface area contributed by atoms with Crippen LogP contribution in [0.3, 0.4) is 0 Å². The Hall–Kier alpha value is -1.01. The van der Waals surface area contributed by atoms with E-state index in [-0.39, 0.29) is 0 Å². The Kier molecular flexibility index (Phi) is 1.93. The van der Waals surface area contributed by atoms with Crippen LogP contribution in [-0.4, -0.2) is 4.86 Å². The molecular formula is C7H4FNS. The molecule has 0 saturated carbocycles. The molecule has 0 fully saturated rings. The number of rotatable bonds is 0. The molecule has 0 bridgehead atoms. The highest BCUT2D eigenvalue weighted by molar-refractivity contribution is 7.80. The van der Waals surface area contributed by atoms with Gasteiger partial charge in [0.15, 0.2) is 0 Å². The number of hydrogen-bond donors (Lipinski definition) is 0. The smallest absolute Gasteiger partial charge is 0.133 e.